The summed E-state index contributed by atoms with van der Waals surface area (Å²) < 4.78 is 0. The second-order valence-electron chi connectivity index (χ2n) is 4.62. The summed E-state index contributed by atoms with van der Waals surface area (Å²) in [5.74, 6) is -0.895. The first-order valence-corrected chi connectivity index (χ1v) is 6.12. The van der Waals surface area contributed by atoms with Crippen molar-refractivity contribution in [1.29, 1.82) is 0 Å². The molecule has 18 heavy (non-hydrogen) atoms. The van der Waals surface area contributed by atoms with Gasteiger partial charge in [0.05, 0.1) is 6.04 Å². The number of carbonyl (C=O) groups is 3. The highest BCUT2D eigenvalue weighted by atomic mass is 16.4. The quantitative estimate of drug-likeness (QED) is 0.707. The van der Waals surface area contributed by atoms with Crippen LogP contribution in [0, 0.1) is 0 Å². The number of carbonyl (C=O) groups excluding carboxylic acids is 2. The van der Waals surface area contributed by atoms with Crippen LogP contribution in [0.2, 0.25) is 0 Å². The van der Waals surface area contributed by atoms with Gasteiger partial charge in [0.2, 0.25) is 5.91 Å². The van der Waals surface area contributed by atoms with Crippen molar-refractivity contribution in [1.82, 2.24) is 15.1 Å². The van der Waals surface area contributed by atoms with Gasteiger partial charge in [0.25, 0.3) is 0 Å². The highest BCUT2D eigenvalue weighted by molar-refractivity contribution is 5.79. The van der Waals surface area contributed by atoms with E-state index in [1.807, 2.05) is 0 Å². The molecule has 0 bridgehead atoms. The zero-order valence-electron chi connectivity index (χ0n) is 10.1. The van der Waals surface area contributed by atoms with Crippen molar-refractivity contribution in [2.45, 2.75) is 25.3 Å². The van der Waals surface area contributed by atoms with E-state index in [-0.39, 0.29) is 30.8 Å². The summed E-state index contributed by atoms with van der Waals surface area (Å²) in [5, 5.41) is 11.3. The monoisotopic (exact) mass is 255 g/mol. The molecule has 1 unspecified atom stereocenters. The van der Waals surface area contributed by atoms with Gasteiger partial charge in [-0.3, -0.25) is 9.59 Å². The lowest BCUT2D eigenvalue weighted by Gasteiger charge is -2.36. The third-order valence-corrected chi connectivity index (χ3v) is 3.37. The molecule has 0 saturated carbocycles. The fourth-order valence-corrected chi connectivity index (χ4v) is 2.38. The summed E-state index contributed by atoms with van der Waals surface area (Å²) in [6.45, 7) is 2.22. The number of nitrogens with zero attached hydrogens (tertiary/aromatic N) is 2. The highest BCUT2D eigenvalue weighted by Gasteiger charge is 2.36. The molecule has 2 fully saturated rings. The summed E-state index contributed by atoms with van der Waals surface area (Å²) in [5.41, 5.74) is 0. The average molecular weight is 255 g/mol. The molecular formula is C11H17N3O4. The van der Waals surface area contributed by atoms with Gasteiger partial charge < -0.3 is 20.2 Å². The summed E-state index contributed by atoms with van der Waals surface area (Å²) in [6.07, 6.45) is 0.659. The van der Waals surface area contributed by atoms with Crippen LogP contribution in [0.1, 0.15) is 19.3 Å². The standard InChI is InChI=1S/C11H17N3O4/c15-9(2-1-3-10(16)17)13-4-5-14-8(7-13)6-12-11(14)18/h8H,1-7H2,(H,12,18)(H,16,17). The zero-order valence-corrected chi connectivity index (χ0v) is 10.1. The summed E-state index contributed by atoms with van der Waals surface area (Å²) in [4.78, 5) is 37.1. The smallest absolute Gasteiger partial charge is 0.317 e. The molecule has 0 aromatic rings. The SMILES string of the molecule is O=C(O)CCCC(=O)N1CCN2C(=O)NCC2C1. The van der Waals surface area contributed by atoms with Crippen LogP contribution in [-0.4, -0.2) is 65.0 Å². The number of hydrogen-bond donors (Lipinski definition) is 2. The maximum atomic E-state index is 11.9. The van der Waals surface area contributed by atoms with E-state index < -0.39 is 5.97 Å². The van der Waals surface area contributed by atoms with E-state index in [0.29, 0.717) is 32.6 Å². The van der Waals surface area contributed by atoms with Crippen molar-refractivity contribution in [3.8, 4) is 0 Å². The van der Waals surface area contributed by atoms with Crippen molar-refractivity contribution in [2.75, 3.05) is 26.2 Å². The van der Waals surface area contributed by atoms with Crippen LogP contribution in [-0.2, 0) is 9.59 Å². The molecule has 2 heterocycles. The van der Waals surface area contributed by atoms with E-state index in [4.69, 9.17) is 5.11 Å². The molecule has 1 atom stereocenters. The number of aliphatic carboxylic acids is 1. The Morgan fingerprint density at radius 2 is 2.11 bits per heavy atom. The minimum absolute atomic E-state index is 0.0183. The number of amides is 3. The molecule has 2 N–H and O–H groups in total. The predicted molar refractivity (Wildman–Crippen MR) is 62.0 cm³/mol. The third kappa shape index (κ3) is 2.72. The first-order chi connectivity index (χ1) is 8.58. The Labute approximate surface area is 105 Å². The van der Waals surface area contributed by atoms with Gasteiger partial charge in [-0.25, -0.2) is 4.79 Å². The zero-order chi connectivity index (χ0) is 13.1. The number of urea groups is 1. The topological polar surface area (TPSA) is 90.0 Å². The Hall–Kier alpha value is -1.79. The number of carboxylic acid groups (broad SMARTS) is 1. The molecule has 100 valence electrons. The van der Waals surface area contributed by atoms with Crippen molar-refractivity contribution < 1.29 is 19.5 Å². The number of nitrogens with one attached hydrogen (secondary N) is 1. The largest absolute Gasteiger partial charge is 0.481 e. The fraction of sp³-hybridized carbons (Fsp3) is 0.727. The molecule has 2 saturated heterocycles. The van der Waals surface area contributed by atoms with E-state index in [1.165, 1.54) is 0 Å². The second-order valence-corrected chi connectivity index (χ2v) is 4.62. The van der Waals surface area contributed by atoms with Gasteiger partial charge in [0, 0.05) is 39.0 Å². The van der Waals surface area contributed by atoms with Gasteiger partial charge in [-0.2, -0.15) is 0 Å². The van der Waals surface area contributed by atoms with Crippen molar-refractivity contribution in [3.05, 3.63) is 0 Å². The number of hydrogen-bond acceptors (Lipinski definition) is 3. The van der Waals surface area contributed by atoms with Crippen molar-refractivity contribution in [3.63, 3.8) is 0 Å². The van der Waals surface area contributed by atoms with Crippen LogP contribution in [0.15, 0.2) is 0 Å². The third-order valence-electron chi connectivity index (χ3n) is 3.37. The molecule has 0 aliphatic carbocycles. The first-order valence-electron chi connectivity index (χ1n) is 6.12. The van der Waals surface area contributed by atoms with Crippen LogP contribution >= 0.6 is 0 Å². The molecule has 2 aliphatic rings. The van der Waals surface area contributed by atoms with Crippen molar-refractivity contribution >= 4 is 17.9 Å². The highest BCUT2D eigenvalue weighted by Crippen LogP contribution is 2.15. The minimum Gasteiger partial charge on any atom is -0.481 e. The van der Waals surface area contributed by atoms with Crippen LogP contribution in [0.3, 0.4) is 0 Å². The Balaban J connectivity index is 1.79. The van der Waals surface area contributed by atoms with Crippen LogP contribution in [0.5, 0.6) is 0 Å². The minimum atomic E-state index is -0.877. The lowest BCUT2D eigenvalue weighted by Crippen LogP contribution is -2.53. The maximum absolute atomic E-state index is 11.9. The van der Waals surface area contributed by atoms with E-state index >= 15 is 0 Å². The molecular weight excluding hydrogens is 238 g/mol. The predicted octanol–water partition coefficient (Wildman–Crippen LogP) is -0.523. The fourth-order valence-electron chi connectivity index (χ4n) is 2.38. The number of carboxylic acids is 1. The summed E-state index contributed by atoms with van der Waals surface area (Å²) in [7, 11) is 0. The molecule has 3 amide bonds. The average Bonchev–Trinajstić information content (AvgIpc) is 2.70. The second kappa shape index (κ2) is 5.24. The molecule has 0 spiro atoms. The molecule has 2 aliphatic heterocycles. The summed E-state index contributed by atoms with van der Waals surface area (Å²) >= 11 is 0. The van der Waals surface area contributed by atoms with Crippen LogP contribution in [0.4, 0.5) is 4.79 Å². The van der Waals surface area contributed by atoms with Gasteiger partial charge in [-0.15, -0.1) is 0 Å². The molecule has 7 nitrogen and oxygen atoms in total. The van der Waals surface area contributed by atoms with Gasteiger partial charge in [0.15, 0.2) is 0 Å². The Kier molecular flexibility index (Phi) is 3.69. The van der Waals surface area contributed by atoms with Gasteiger partial charge in [-0.05, 0) is 6.42 Å². The number of rotatable bonds is 4. The normalized spacial score (nSPS) is 22.7. The molecule has 7 heteroatoms. The van der Waals surface area contributed by atoms with Crippen molar-refractivity contribution in [2.24, 2.45) is 0 Å². The van der Waals surface area contributed by atoms with Gasteiger partial charge >= 0.3 is 12.0 Å². The van der Waals surface area contributed by atoms with Gasteiger partial charge in [0.1, 0.15) is 0 Å². The number of piperazine rings is 1. The van der Waals surface area contributed by atoms with E-state index in [9.17, 15) is 14.4 Å². The molecule has 2 rings (SSSR count). The van der Waals surface area contributed by atoms with Gasteiger partial charge in [-0.1, -0.05) is 0 Å². The molecule has 0 aromatic heterocycles. The summed E-state index contributed by atoms with van der Waals surface area (Å²) in [6, 6.07) is 0.00708. The van der Waals surface area contributed by atoms with E-state index in [0.717, 1.165) is 0 Å². The first kappa shape index (κ1) is 12.7. The Morgan fingerprint density at radius 1 is 1.33 bits per heavy atom. The van der Waals surface area contributed by atoms with Crippen LogP contribution < -0.4 is 5.32 Å². The Bertz CT molecular complexity index is 371. The van der Waals surface area contributed by atoms with E-state index in [2.05, 4.69) is 5.32 Å². The van der Waals surface area contributed by atoms with Crippen LogP contribution in [0.25, 0.3) is 0 Å². The Morgan fingerprint density at radius 3 is 2.83 bits per heavy atom. The molecule has 0 radical (unpaired) electrons. The number of fused-ring (bicyclic) bond motifs is 1. The lowest BCUT2D eigenvalue weighted by atomic mass is 10.1. The maximum Gasteiger partial charge on any atom is 0.317 e. The molecule has 0 aromatic carbocycles. The van der Waals surface area contributed by atoms with E-state index in [1.54, 1.807) is 9.80 Å². The lowest BCUT2D eigenvalue weighted by molar-refractivity contribution is -0.137.